The van der Waals surface area contributed by atoms with Crippen molar-refractivity contribution in [3.05, 3.63) is 94.6 Å². The second-order valence-electron chi connectivity index (χ2n) is 10.2. The summed E-state index contributed by atoms with van der Waals surface area (Å²) in [6.07, 6.45) is 4.78. The molecule has 0 aliphatic carbocycles. The van der Waals surface area contributed by atoms with E-state index in [0.29, 0.717) is 31.0 Å². The van der Waals surface area contributed by atoms with Crippen LogP contribution in [0.4, 0.5) is 10.2 Å². The third kappa shape index (κ3) is 5.76. The number of imidazole rings is 1. The minimum atomic E-state index is -0.958. The first kappa shape index (κ1) is 26.5. The molecule has 2 aliphatic heterocycles. The lowest BCUT2D eigenvalue weighted by Gasteiger charge is -2.29. The van der Waals surface area contributed by atoms with Gasteiger partial charge >= 0.3 is 5.97 Å². The molecule has 1 atom stereocenters. The molecule has 1 N–H and O–H groups in total. The molecule has 2 aromatic carbocycles. The topological polar surface area (TPSA) is 114 Å². The SMILES string of the molecule is N#Cc1ccc(COc2cccc(N3CC=C(Cc4nc5ccc(C(=O)O)cc5n4C[C@@H]4CCO4)CC3)n2)c(F)c1. The van der Waals surface area contributed by atoms with Crippen LogP contribution in [0.2, 0.25) is 0 Å². The predicted octanol–water partition coefficient (Wildman–Crippen LogP) is 4.89. The Kier molecular flexibility index (Phi) is 7.35. The molecule has 9 nitrogen and oxygen atoms in total. The first-order chi connectivity index (χ1) is 20.0. The van der Waals surface area contributed by atoms with Crippen LogP contribution >= 0.6 is 0 Å². The maximum absolute atomic E-state index is 14.2. The smallest absolute Gasteiger partial charge is 0.335 e. The van der Waals surface area contributed by atoms with E-state index < -0.39 is 11.8 Å². The van der Waals surface area contributed by atoms with Crippen molar-refractivity contribution in [1.29, 1.82) is 5.26 Å². The molecule has 1 saturated heterocycles. The largest absolute Gasteiger partial charge is 0.478 e. The molecule has 6 rings (SSSR count). The van der Waals surface area contributed by atoms with Gasteiger partial charge in [-0.2, -0.15) is 10.2 Å². The van der Waals surface area contributed by atoms with E-state index in [-0.39, 0.29) is 23.8 Å². The maximum Gasteiger partial charge on any atom is 0.335 e. The van der Waals surface area contributed by atoms with Crippen LogP contribution in [-0.4, -0.2) is 51.4 Å². The van der Waals surface area contributed by atoms with Gasteiger partial charge in [0.1, 0.15) is 24.1 Å². The fraction of sp³-hybridized carbons (Fsp3) is 0.290. The van der Waals surface area contributed by atoms with E-state index in [0.717, 1.165) is 48.7 Å². The van der Waals surface area contributed by atoms with Crippen molar-refractivity contribution in [3.8, 4) is 11.9 Å². The number of carboxylic acid groups (broad SMARTS) is 1. The average molecular weight is 554 g/mol. The Labute approximate surface area is 236 Å². The molecule has 208 valence electrons. The van der Waals surface area contributed by atoms with Crippen molar-refractivity contribution in [2.24, 2.45) is 0 Å². The highest BCUT2D eigenvalue weighted by Gasteiger charge is 2.23. The summed E-state index contributed by atoms with van der Waals surface area (Å²) in [7, 11) is 0. The lowest BCUT2D eigenvalue weighted by atomic mass is 10.0. The summed E-state index contributed by atoms with van der Waals surface area (Å²) < 4.78 is 27.8. The van der Waals surface area contributed by atoms with Crippen LogP contribution in [0.5, 0.6) is 5.88 Å². The number of hydrogen-bond donors (Lipinski definition) is 1. The maximum atomic E-state index is 14.2. The third-order valence-electron chi connectivity index (χ3n) is 7.53. The number of nitrogens with zero attached hydrogens (tertiary/aromatic N) is 5. The van der Waals surface area contributed by atoms with Gasteiger partial charge in [0, 0.05) is 37.7 Å². The lowest BCUT2D eigenvalue weighted by Crippen LogP contribution is -2.32. The van der Waals surface area contributed by atoms with Crippen LogP contribution in [0, 0.1) is 17.1 Å². The van der Waals surface area contributed by atoms with Gasteiger partial charge in [-0.3, -0.25) is 0 Å². The Morgan fingerprint density at radius 3 is 2.78 bits per heavy atom. The molecular weight excluding hydrogens is 525 g/mol. The second-order valence-corrected chi connectivity index (χ2v) is 10.2. The molecule has 10 heteroatoms. The molecule has 2 aliphatic rings. The number of carboxylic acids is 1. The van der Waals surface area contributed by atoms with Crippen molar-refractivity contribution in [2.75, 3.05) is 24.6 Å². The van der Waals surface area contributed by atoms with Crippen LogP contribution in [0.25, 0.3) is 11.0 Å². The van der Waals surface area contributed by atoms with Gasteiger partial charge in [0.25, 0.3) is 0 Å². The molecule has 4 aromatic rings. The highest BCUT2D eigenvalue weighted by atomic mass is 19.1. The molecule has 0 spiro atoms. The zero-order valence-electron chi connectivity index (χ0n) is 22.3. The summed E-state index contributed by atoms with van der Waals surface area (Å²) >= 11 is 0. The Hall–Kier alpha value is -4.75. The molecule has 0 unspecified atom stereocenters. The van der Waals surface area contributed by atoms with E-state index in [9.17, 15) is 14.3 Å². The number of carbonyl (C=O) groups is 1. The minimum absolute atomic E-state index is 0.0128. The number of halogens is 1. The quantitative estimate of drug-likeness (QED) is 0.292. The van der Waals surface area contributed by atoms with Gasteiger partial charge in [0.05, 0.1) is 40.9 Å². The first-order valence-corrected chi connectivity index (χ1v) is 13.5. The molecule has 0 saturated carbocycles. The average Bonchev–Trinajstić information content (AvgIpc) is 3.30. The zero-order valence-corrected chi connectivity index (χ0v) is 22.3. The van der Waals surface area contributed by atoms with Crippen molar-refractivity contribution in [1.82, 2.24) is 14.5 Å². The number of rotatable bonds is 9. The normalized spacial score (nSPS) is 16.6. The molecule has 41 heavy (non-hydrogen) atoms. The Morgan fingerprint density at radius 1 is 1.20 bits per heavy atom. The van der Waals surface area contributed by atoms with E-state index in [1.807, 2.05) is 18.2 Å². The Morgan fingerprint density at radius 2 is 2.07 bits per heavy atom. The molecular formula is C31H28FN5O4. The second kappa shape index (κ2) is 11.4. The van der Waals surface area contributed by atoms with Gasteiger partial charge < -0.3 is 24.0 Å². The monoisotopic (exact) mass is 553 g/mol. The molecule has 2 aromatic heterocycles. The van der Waals surface area contributed by atoms with Gasteiger partial charge in [-0.1, -0.05) is 23.8 Å². The number of benzene rings is 2. The number of pyridine rings is 1. The number of anilines is 1. The molecule has 0 radical (unpaired) electrons. The van der Waals surface area contributed by atoms with Gasteiger partial charge in [-0.05, 0) is 49.2 Å². The van der Waals surface area contributed by atoms with E-state index >= 15 is 0 Å². The van der Waals surface area contributed by atoms with E-state index in [4.69, 9.17) is 19.7 Å². The van der Waals surface area contributed by atoms with E-state index in [1.54, 1.807) is 36.4 Å². The van der Waals surface area contributed by atoms with Gasteiger partial charge in [-0.25, -0.2) is 14.2 Å². The summed E-state index contributed by atoms with van der Waals surface area (Å²) in [5, 5.41) is 18.4. The Bertz CT molecular complexity index is 1690. The predicted molar refractivity (Wildman–Crippen MR) is 149 cm³/mol. The summed E-state index contributed by atoms with van der Waals surface area (Å²) in [5.41, 5.74) is 3.72. The summed E-state index contributed by atoms with van der Waals surface area (Å²) in [6, 6.07) is 16.8. The third-order valence-corrected chi connectivity index (χ3v) is 7.53. The molecule has 0 amide bonds. The number of aromatic nitrogens is 3. The molecule has 0 bridgehead atoms. The molecule has 4 heterocycles. The number of nitriles is 1. The van der Waals surface area contributed by atoms with Crippen molar-refractivity contribution in [3.63, 3.8) is 0 Å². The van der Waals surface area contributed by atoms with Crippen molar-refractivity contribution in [2.45, 2.75) is 38.5 Å². The van der Waals surface area contributed by atoms with Crippen LogP contribution < -0.4 is 9.64 Å². The molecule has 1 fully saturated rings. The minimum Gasteiger partial charge on any atom is -0.478 e. The number of ether oxygens (including phenoxy) is 2. The van der Waals surface area contributed by atoms with Crippen LogP contribution in [0.15, 0.2) is 66.2 Å². The summed E-state index contributed by atoms with van der Waals surface area (Å²) in [4.78, 5) is 23.2. The van der Waals surface area contributed by atoms with Gasteiger partial charge in [0.2, 0.25) is 5.88 Å². The first-order valence-electron chi connectivity index (χ1n) is 13.5. The fourth-order valence-electron chi connectivity index (χ4n) is 5.11. The highest BCUT2D eigenvalue weighted by Crippen LogP contribution is 2.27. The summed E-state index contributed by atoms with van der Waals surface area (Å²) in [6.45, 7) is 2.85. The number of fused-ring (bicyclic) bond motifs is 1. The highest BCUT2D eigenvalue weighted by molar-refractivity contribution is 5.92. The van der Waals surface area contributed by atoms with Crippen molar-refractivity contribution < 1.29 is 23.8 Å². The van der Waals surface area contributed by atoms with Crippen LogP contribution in [0.1, 0.15) is 40.2 Å². The van der Waals surface area contributed by atoms with Crippen LogP contribution in [-0.2, 0) is 24.3 Å². The lowest BCUT2D eigenvalue weighted by molar-refractivity contribution is -0.0589. The van der Waals surface area contributed by atoms with Crippen LogP contribution in [0.3, 0.4) is 0 Å². The standard InChI is InChI=1S/C31H28FN5O4/c32-25-14-21(17-33)4-5-23(25)19-41-30-3-1-2-28(35-30)36-11-8-20(9-12-36)15-29-34-26-7-6-22(31(38)39)16-27(26)37(29)18-24-10-13-40-24/h1-8,14,16,24H,9-13,15,18-19H2,(H,38,39)/t24-/m0/s1. The van der Waals surface area contributed by atoms with E-state index in [1.165, 1.54) is 11.6 Å². The summed E-state index contributed by atoms with van der Waals surface area (Å²) in [5.74, 6) is 0.634. The van der Waals surface area contributed by atoms with Gasteiger partial charge in [-0.15, -0.1) is 0 Å². The number of aromatic carboxylic acids is 1. The van der Waals surface area contributed by atoms with E-state index in [2.05, 4.69) is 20.5 Å². The number of hydrogen-bond acceptors (Lipinski definition) is 7. The van der Waals surface area contributed by atoms with Gasteiger partial charge in [0.15, 0.2) is 0 Å². The fourth-order valence-corrected chi connectivity index (χ4v) is 5.11. The zero-order chi connectivity index (χ0) is 28.3. The van der Waals surface area contributed by atoms with Crippen molar-refractivity contribution >= 4 is 22.8 Å². The Balaban J connectivity index is 1.14.